The third-order valence-electron chi connectivity index (χ3n) is 3.01. The van der Waals surface area contributed by atoms with Crippen molar-refractivity contribution in [3.63, 3.8) is 0 Å². The largest absolute Gasteiger partial charge is 0.378 e. The Bertz CT molecular complexity index is 629. The lowest BCUT2D eigenvalue weighted by molar-refractivity contribution is 0.881. The Balaban J connectivity index is 2.20. The molecule has 3 heteroatoms. The zero-order valence-electron chi connectivity index (χ0n) is 10.9. The van der Waals surface area contributed by atoms with Gasteiger partial charge in [0.05, 0.1) is 11.6 Å². The van der Waals surface area contributed by atoms with Crippen LogP contribution in [0.4, 0.5) is 5.69 Å². The zero-order chi connectivity index (χ0) is 13.8. The molecule has 0 saturated carbocycles. The van der Waals surface area contributed by atoms with E-state index < -0.39 is 0 Å². The summed E-state index contributed by atoms with van der Waals surface area (Å²) in [4.78, 5) is 0. The Labute approximate surface area is 122 Å². The SMILES string of the molecule is Cc1cccc(C(C)Nc2ccc(C#N)cc2Br)c1. The molecule has 0 spiro atoms. The minimum absolute atomic E-state index is 0.212. The molecule has 0 aliphatic carbocycles. The number of benzene rings is 2. The van der Waals surface area contributed by atoms with E-state index in [1.807, 2.05) is 18.2 Å². The zero-order valence-corrected chi connectivity index (χ0v) is 12.5. The summed E-state index contributed by atoms with van der Waals surface area (Å²) in [6.07, 6.45) is 0. The van der Waals surface area contributed by atoms with Gasteiger partial charge in [-0.05, 0) is 53.5 Å². The third kappa shape index (κ3) is 3.36. The lowest BCUT2D eigenvalue weighted by Gasteiger charge is -2.17. The monoisotopic (exact) mass is 314 g/mol. The van der Waals surface area contributed by atoms with Gasteiger partial charge in [-0.2, -0.15) is 5.26 Å². The number of hydrogen-bond donors (Lipinski definition) is 1. The molecule has 0 bridgehead atoms. The normalized spacial score (nSPS) is 11.7. The fourth-order valence-electron chi connectivity index (χ4n) is 1.96. The molecule has 1 atom stereocenters. The van der Waals surface area contributed by atoms with Gasteiger partial charge >= 0.3 is 0 Å². The highest BCUT2D eigenvalue weighted by Gasteiger charge is 2.08. The first-order chi connectivity index (χ1) is 9.10. The lowest BCUT2D eigenvalue weighted by Crippen LogP contribution is -2.07. The molecule has 2 nitrogen and oxygen atoms in total. The predicted molar refractivity (Wildman–Crippen MR) is 82.1 cm³/mol. The average Bonchev–Trinajstić information content (AvgIpc) is 2.41. The molecular formula is C16H15BrN2. The standard InChI is InChI=1S/C16H15BrN2/c1-11-4-3-5-14(8-11)12(2)19-16-7-6-13(10-18)9-15(16)17/h3-9,12,19H,1-2H3. The maximum atomic E-state index is 8.85. The number of nitrogens with one attached hydrogen (secondary N) is 1. The number of hydrogen-bond acceptors (Lipinski definition) is 2. The number of nitriles is 1. The molecule has 2 aromatic rings. The molecule has 0 aliphatic heterocycles. The Morgan fingerprint density at radius 3 is 2.63 bits per heavy atom. The van der Waals surface area contributed by atoms with Gasteiger partial charge in [0.1, 0.15) is 0 Å². The molecule has 0 heterocycles. The van der Waals surface area contributed by atoms with Crippen LogP contribution in [0, 0.1) is 18.3 Å². The second-order valence-corrected chi connectivity index (χ2v) is 5.44. The van der Waals surface area contributed by atoms with Crippen LogP contribution in [0.2, 0.25) is 0 Å². The topological polar surface area (TPSA) is 35.8 Å². The number of halogens is 1. The minimum atomic E-state index is 0.212. The number of nitrogens with zero attached hydrogens (tertiary/aromatic N) is 1. The van der Waals surface area contributed by atoms with Crippen LogP contribution < -0.4 is 5.32 Å². The van der Waals surface area contributed by atoms with E-state index in [2.05, 4.69) is 65.4 Å². The first kappa shape index (κ1) is 13.6. The maximum absolute atomic E-state index is 8.85. The van der Waals surface area contributed by atoms with Crippen molar-refractivity contribution in [2.24, 2.45) is 0 Å². The van der Waals surface area contributed by atoms with E-state index in [-0.39, 0.29) is 6.04 Å². The number of aryl methyl sites for hydroxylation is 1. The van der Waals surface area contributed by atoms with Crippen molar-refractivity contribution in [3.05, 3.63) is 63.6 Å². The molecule has 2 rings (SSSR count). The van der Waals surface area contributed by atoms with E-state index in [4.69, 9.17) is 5.26 Å². The van der Waals surface area contributed by atoms with Gasteiger partial charge in [0.2, 0.25) is 0 Å². The van der Waals surface area contributed by atoms with Crippen LogP contribution in [-0.4, -0.2) is 0 Å². The molecule has 0 amide bonds. The van der Waals surface area contributed by atoms with Crippen LogP contribution in [0.25, 0.3) is 0 Å². The van der Waals surface area contributed by atoms with Gasteiger partial charge in [0.25, 0.3) is 0 Å². The smallest absolute Gasteiger partial charge is 0.0992 e. The molecule has 2 aromatic carbocycles. The predicted octanol–water partition coefficient (Wildman–Crippen LogP) is 4.80. The second-order valence-electron chi connectivity index (χ2n) is 4.59. The van der Waals surface area contributed by atoms with Crippen molar-refractivity contribution < 1.29 is 0 Å². The van der Waals surface area contributed by atoms with Crippen LogP contribution in [0.5, 0.6) is 0 Å². The summed E-state index contributed by atoms with van der Waals surface area (Å²) in [6.45, 7) is 4.22. The molecule has 0 fully saturated rings. The van der Waals surface area contributed by atoms with Crippen LogP contribution >= 0.6 is 15.9 Å². The van der Waals surface area contributed by atoms with Crippen LogP contribution in [0.15, 0.2) is 46.9 Å². The Morgan fingerprint density at radius 2 is 2.00 bits per heavy atom. The summed E-state index contributed by atoms with van der Waals surface area (Å²) in [5.41, 5.74) is 4.15. The van der Waals surface area contributed by atoms with E-state index in [9.17, 15) is 0 Å². The molecule has 96 valence electrons. The highest BCUT2D eigenvalue weighted by molar-refractivity contribution is 9.10. The highest BCUT2D eigenvalue weighted by Crippen LogP contribution is 2.27. The summed E-state index contributed by atoms with van der Waals surface area (Å²) in [6, 6.07) is 16.4. The molecular weight excluding hydrogens is 300 g/mol. The first-order valence-electron chi connectivity index (χ1n) is 6.13. The van der Waals surface area contributed by atoms with Gasteiger partial charge in [-0.15, -0.1) is 0 Å². The molecule has 0 radical (unpaired) electrons. The van der Waals surface area contributed by atoms with E-state index in [1.54, 1.807) is 0 Å². The lowest BCUT2D eigenvalue weighted by atomic mass is 10.1. The van der Waals surface area contributed by atoms with Crippen LogP contribution in [0.1, 0.15) is 29.7 Å². The Morgan fingerprint density at radius 1 is 1.21 bits per heavy atom. The van der Waals surface area contributed by atoms with Crippen molar-refractivity contribution in [2.45, 2.75) is 19.9 Å². The third-order valence-corrected chi connectivity index (χ3v) is 3.67. The van der Waals surface area contributed by atoms with Gasteiger partial charge in [0, 0.05) is 16.2 Å². The number of rotatable bonds is 3. The van der Waals surface area contributed by atoms with E-state index in [0.717, 1.165) is 10.2 Å². The fourth-order valence-corrected chi connectivity index (χ4v) is 2.45. The summed E-state index contributed by atoms with van der Waals surface area (Å²) in [5.74, 6) is 0. The van der Waals surface area contributed by atoms with Crippen molar-refractivity contribution in [1.82, 2.24) is 0 Å². The molecule has 0 saturated heterocycles. The molecule has 0 aromatic heterocycles. The minimum Gasteiger partial charge on any atom is -0.378 e. The molecule has 19 heavy (non-hydrogen) atoms. The Kier molecular flexibility index (Phi) is 4.24. The van der Waals surface area contributed by atoms with E-state index in [1.165, 1.54) is 11.1 Å². The van der Waals surface area contributed by atoms with Crippen molar-refractivity contribution >= 4 is 21.6 Å². The summed E-state index contributed by atoms with van der Waals surface area (Å²) in [7, 11) is 0. The summed E-state index contributed by atoms with van der Waals surface area (Å²) >= 11 is 3.49. The van der Waals surface area contributed by atoms with Gasteiger partial charge in [-0.25, -0.2) is 0 Å². The van der Waals surface area contributed by atoms with Crippen LogP contribution in [0.3, 0.4) is 0 Å². The van der Waals surface area contributed by atoms with Gasteiger partial charge in [-0.1, -0.05) is 29.8 Å². The van der Waals surface area contributed by atoms with Crippen molar-refractivity contribution in [1.29, 1.82) is 5.26 Å². The summed E-state index contributed by atoms with van der Waals surface area (Å²) < 4.78 is 0.908. The first-order valence-corrected chi connectivity index (χ1v) is 6.92. The quantitative estimate of drug-likeness (QED) is 0.883. The average molecular weight is 315 g/mol. The second kappa shape index (κ2) is 5.90. The van der Waals surface area contributed by atoms with Crippen molar-refractivity contribution in [2.75, 3.05) is 5.32 Å². The van der Waals surface area contributed by atoms with Gasteiger partial charge in [0.15, 0.2) is 0 Å². The molecule has 1 unspecified atom stereocenters. The fraction of sp³-hybridized carbons (Fsp3) is 0.188. The van der Waals surface area contributed by atoms with Gasteiger partial charge in [-0.3, -0.25) is 0 Å². The molecule has 0 aliphatic rings. The van der Waals surface area contributed by atoms with Gasteiger partial charge < -0.3 is 5.32 Å². The highest BCUT2D eigenvalue weighted by atomic mass is 79.9. The summed E-state index contributed by atoms with van der Waals surface area (Å²) in [5, 5.41) is 12.3. The van der Waals surface area contributed by atoms with E-state index >= 15 is 0 Å². The van der Waals surface area contributed by atoms with Crippen LogP contribution in [-0.2, 0) is 0 Å². The molecule has 1 N–H and O–H groups in total. The van der Waals surface area contributed by atoms with E-state index in [0.29, 0.717) is 5.56 Å². The maximum Gasteiger partial charge on any atom is 0.0992 e. The Hall–Kier alpha value is -1.79. The van der Waals surface area contributed by atoms with Crippen molar-refractivity contribution in [3.8, 4) is 6.07 Å². The number of anilines is 1.